The molecule has 6 rings (SSSR count). The zero-order chi connectivity index (χ0) is 23.5. The molecule has 0 spiro atoms. The molecule has 4 aliphatic carbocycles. The molecule has 0 radical (unpaired) electrons. The fourth-order valence-corrected chi connectivity index (χ4v) is 9.90. The summed E-state index contributed by atoms with van der Waals surface area (Å²) in [7, 11) is 0. The van der Waals surface area contributed by atoms with E-state index < -0.39 is 5.60 Å². The Morgan fingerprint density at radius 2 is 1.71 bits per heavy atom. The van der Waals surface area contributed by atoms with E-state index in [0.717, 1.165) is 68.2 Å². The van der Waals surface area contributed by atoms with Crippen LogP contribution in [0.15, 0.2) is 30.3 Å². The van der Waals surface area contributed by atoms with E-state index in [-0.39, 0.29) is 6.04 Å². The van der Waals surface area contributed by atoms with Crippen molar-refractivity contribution in [3.63, 3.8) is 0 Å². The van der Waals surface area contributed by atoms with Crippen molar-refractivity contribution in [3.05, 3.63) is 35.9 Å². The third kappa shape index (κ3) is 3.85. The van der Waals surface area contributed by atoms with Gasteiger partial charge in [0, 0.05) is 13.0 Å². The van der Waals surface area contributed by atoms with Crippen LogP contribution in [0.2, 0.25) is 0 Å². The Bertz CT molecular complexity index is 896. The van der Waals surface area contributed by atoms with Crippen molar-refractivity contribution in [1.29, 1.82) is 0 Å². The first-order valence-corrected chi connectivity index (χ1v) is 14.4. The van der Waals surface area contributed by atoms with Gasteiger partial charge < -0.3 is 10.0 Å². The Balaban J connectivity index is 1.19. The Kier molecular flexibility index (Phi) is 5.87. The van der Waals surface area contributed by atoms with E-state index in [9.17, 15) is 9.90 Å². The summed E-state index contributed by atoms with van der Waals surface area (Å²) in [6, 6.07) is 11.1. The number of piperidine rings is 1. The van der Waals surface area contributed by atoms with E-state index in [1.165, 1.54) is 50.5 Å². The van der Waals surface area contributed by atoms with E-state index in [1.54, 1.807) is 0 Å². The molecule has 1 N–H and O–H groups in total. The van der Waals surface area contributed by atoms with Crippen LogP contribution < -0.4 is 0 Å². The second kappa shape index (κ2) is 8.64. The lowest BCUT2D eigenvalue weighted by atomic mass is 9.49. The van der Waals surface area contributed by atoms with Gasteiger partial charge in [-0.1, -0.05) is 37.3 Å². The highest BCUT2D eigenvalue weighted by Gasteiger charge is 2.57. The van der Waals surface area contributed by atoms with Gasteiger partial charge in [-0.3, -0.25) is 4.79 Å². The molecule has 5 fully saturated rings. The standard InChI is InChI=1S/C31H45NO2/c1-30(34)17-15-24-22(19-30)11-13-26-25(24)16-18-31(2)23(12-14-27(26)31)20-32-28(9-6-10-29(32)33)21-7-4-3-5-8-21/h3-5,7-8,22-28,34H,6,9-20H2,1-2H3/t22-,23-,24+,25-,26-,27+,28?,30-,31-/m1/s1. The molecule has 5 aliphatic rings. The smallest absolute Gasteiger partial charge is 0.223 e. The van der Waals surface area contributed by atoms with E-state index in [4.69, 9.17) is 0 Å². The Hall–Kier alpha value is -1.35. The number of carbonyl (C=O) groups excluding carboxylic acids is 1. The van der Waals surface area contributed by atoms with Crippen LogP contribution in [0.5, 0.6) is 0 Å². The van der Waals surface area contributed by atoms with Crippen molar-refractivity contribution in [1.82, 2.24) is 4.90 Å². The zero-order valence-corrected chi connectivity index (χ0v) is 21.4. The average Bonchev–Trinajstić information content (AvgIpc) is 3.16. The van der Waals surface area contributed by atoms with E-state index in [2.05, 4.69) is 49.1 Å². The molecule has 3 nitrogen and oxygen atoms in total. The Labute approximate surface area is 206 Å². The lowest BCUT2D eigenvalue weighted by molar-refractivity contribution is -0.139. The first-order chi connectivity index (χ1) is 16.4. The fraction of sp³-hybridized carbons (Fsp3) is 0.774. The maximum atomic E-state index is 13.2. The van der Waals surface area contributed by atoms with Crippen LogP contribution >= 0.6 is 0 Å². The third-order valence-electron chi connectivity index (χ3n) is 11.6. The second-order valence-corrected chi connectivity index (χ2v) is 13.4. The number of rotatable bonds is 3. The summed E-state index contributed by atoms with van der Waals surface area (Å²) in [6.45, 7) is 5.65. The lowest BCUT2D eigenvalue weighted by Gasteiger charge is -2.57. The van der Waals surface area contributed by atoms with Crippen LogP contribution in [-0.4, -0.2) is 28.1 Å². The Morgan fingerprint density at radius 1 is 0.912 bits per heavy atom. The van der Waals surface area contributed by atoms with Crippen molar-refractivity contribution < 1.29 is 9.90 Å². The van der Waals surface area contributed by atoms with E-state index in [0.29, 0.717) is 17.2 Å². The lowest BCUT2D eigenvalue weighted by Crippen LogP contribution is -2.51. The van der Waals surface area contributed by atoms with Crippen LogP contribution in [0.25, 0.3) is 0 Å². The van der Waals surface area contributed by atoms with Crippen LogP contribution in [0.3, 0.4) is 0 Å². The largest absolute Gasteiger partial charge is 0.390 e. The van der Waals surface area contributed by atoms with Gasteiger partial charge in [-0.25, -0.2) is 0 Å². The molecule has 1 aromatic carbocycles. The number of benzene rings is 1. The second-order valence-electron chi connectivity index (χ2n) is 13.4. The van der Waals surface area contributed by atoms with Crippen molar-refractivity contribution in [2.24, 2.45) is 40.9 Å². The molecule has 3 heteroatoms. The van der Waals surface area contributed by atoms with Gasteiger partial charge in [-0.05, 0) is 124 Å². The summed E-state index contributed by atoms with van der Waals surface area (Å²) in [5.74, 6) is 5.26. The maximum Gasteiger partial charge on any atom is 0.223 e. The summed E-state index contributed by atoms with van der Waals surface area (Å²) in [5.41, 5.74) is 1.30. The van der Waals surface area contributed by atoms with Gasteiger partial charge in [0.05, 0.1) is 11.6 Å². The minimum atomic E-state index is -0.425. The van der Waals surface area contributed by atoms with Crippen molar-refractivity contribution in [2.45, 2.75) is 103 Å². The fourth-order valence-electron chi connectivity index (χ4n) is 9.90. The molecule has 0 bridgehead atoms. The minimum absolute atomic E-state index is 0.270. The van der Waals surface area contributed by atoms with Gasteiger partial charge >= 0.3 is 0 Å². The highest BCUT2D eigenvalue weighted by atomic mass is 16.3. The zero-order valence-electron chi connectivity index (χ0n) is 21.4. The van der Waals surface area contributed by atoms with Gasteiger partial charge in [0.25, 0.3) is 0 Å². The van der Waals surface area contributed by atoms with Crippen molar-refractivity contribution >= 4 is 5.91 Å². The van der Waals surface area contributed by atoms with Gasteiger partial charge in [0.1, 0.15) is 0 Å². The Morgan fingerprint density at radius 3 is 2.53 bits per heavy atom. The summed E-state index contributed by atoms with van der Waals surface area (Å²) < 4.78 is 0. The summed E-state index contributed by atoms with van der Waals surface area (Å²) in [5, 5.41) is 10.7. The van der Waals surface area contributed by atoms with Gasteiger partial charge in [0.15, 0.2) is 0 Å². The monoisotopic (exact) mass is 463 g/mol. The highest BCUT2D eigenvalue weighted by Crippen LogP contribution is 2.64. The molecule has 1 saturated heterocycles. The highest BCUT2D eigenvalue weighted by molar-refractivity contribution is 5.77. The molecule has 4 saturated carbocycles. The van der Waals surface area contributed by atoms with Crippen molar-refractivity contribution in [3.8, 4) is 0 Å². The number of nitrogens with zero attached hydrogens (tertiary/aromatic N) is 1. The van der Waals surface area contributed by atoms with Crippen LogP contribution in [0, 0.1) is 40.9 Å². The predicted octanol–water partition coefficient (Wildman–Crippen LogP) is 6.76. The first-order valence-electron chi connectivity index (χ1n) is 14.4. The van der Waals surface area contributed by atoms with Crippen LogP contribution in [0.4, 0.5) is 0 Å². The molecule has 1 unspecified atom stereocenters. The molecule has 1 aromatic rings. The molecular formula is C31H45NO2. The van der Waals surface area contributed by atoms with Gasteiger partial charge in [0.2, 0.25) is 5.91 Å². The molecule has 34 heavy (non-hydrogen) atoms. The van der Waals surface area contributed by atoms with E-state index in [1.807, 2.05) is 0 Å². The normalized spacial score (nSPS) is 46.5. The number of hydrogen-bond donors (Lipinski definition) is 1. The molecule has 1 heterocycles. The van der Waals surface area contributed by atoms with Gasteiger partial charge in [-0.15, -0.1) is 0 Å². The predicted molar refractivity (Wildman–Crippen MR) is 136 cm³/mol. The van der Waals surface area contributed by atoms with Crippen LogP contribution in [-0.2, 0) is 4.79 Å². The molecule has 1 aliphatic heterocycles. The molecule has 186 valence electrons. The number of carbonyl (C=O) groups is 1. The van der Waals surface area contributed by atoms with Gasteiger partial charge in [-0.2, -0.15) is 0 Å². The van der Waals surface area contributed by atoms with E-state index >= 15 is 0 Å². The minimum Gasteiger partial charge on any atom is -0.390 e. The molecule has 0 aromatic heterocycles. The number of fused-ring (bicyclic) bond motifs is 5. The maximum absolute atomic E-state index is 13.2. The third-order valence-corrected chi connectivity index (χ3v) is 11.6. The number of likely N-dealkylation sites (tertiary alicyclic amines) is 1. The van der Waals surface area contributed by atoms with Crippen molar-refractivity contribution in [2.75, 3.05) is 6.54 Å². The number of hydrogen-bond acceptors (Lipinski definition) is 2. The topological polar surface area (TPSA) is 40.5 Å². The summed E-state index contributed by atoms with van der Waals surface area (Å²) in [4.78, 5) is 15.5. The molecule has 1 amide bonds. The number of aliphatic hydroxyl groups is 1. The first kappa shape index (κ1) is 23.1. The summed E-state index contributed by atoms with van der Waals surface area (Å²) in [6.07, 6.45) is 14.3. The molecule has 9 atom stereocenters. The SMILES string of the molecule is C[C@@]1(O)CC[C@H]2[C@H](CC[C@@H]3[C@@H]2CC[C@]2(C)[C@@H](CN4C(=O)CCCC4c4ccccc4)CC[C@@H]32)C1. The summed E-state index contributed by atoms with van der Waals surface area (Å²) >= 11 is 0. The quantitative estimate of drug-likeness (QED) is 0.538. The van der Waals surface area contributed by atoms with Crippen LogP contribution in [0.1, 0.15) is 103 Å². The number of amides is 1. The average molecular weight is 464 g/mol. The molecular weight excluding hydrogens is 418 g/mol.